The molecule has 1 amide bonds. The molecular weight excluding hydrogens is 416 g/mol. The number of hydrogen-bond donors (Lipinski definition) is 1. The molecule has 1 saturated carbocycles. The number of rotatable bonds is 10. The molecule has 168 valence electrons. The van der Waals surface area contributed by atoms with Crippen molar-refractivity contribution in [2.45, 2.75) is 38.0 Å². The number of esters is 1. The van der Waals surface area contributed by atoms with Crippen molar-refractivity contribution in [3.8, 4) is 6.07 Å². The molecule has 2 atom stereocenters. The van der Waals surface area contributed by atoms with Gasteiger partial charge in [0, 0.05) is 0 Å². The molecule has 6 heteroatoms. The van der Waals surface area contributed by atoms with Crippen LogP contribution in [0.25, 0.3) is 10.8 Å². The van der Waals surface area contributed by atoms with E-state index in [2.05, 4.69) is 11.4 Å². The second kappa shape index (κ2) is 10.8. The van der Waals surface area contributed by atoms with Gasteiger partial charge in [-0.25, -0.2) is 4.79 Å². The molecular formula is C27H26N2O4. The summed E-state index contributed by atoms with van der Waals surface area (Å²) in [6.07, 6.45) is 1.54. The van der Waals surface area contributed by atoms with Crippen LogP contribution in [0.5, 0.6) is 0 Å². The van der Waals surface area contributed by atoms with Crippen molar-refractivity contribution in [1.82, 2.24) is 5.32 Å². The van der Waals surface area contributed by atoms with Crippen molar-refractivity contribution in [2.75, 3.05) is 6.61 Å². The third-order valence-electron chi connectivity index (χ3n) is 5.64. The Bertz CT molecular complexity index is 1150. The molecule has 3 aromatic carbocycles. The molecule has 3 aromatic rings. The smallest absolute Gasteiger partial charge is 0.338 e. The van der Waals surface area contributed by atoms with Crippen molar-refractivity contribution < 1.29 is 19.1 Å². The van der Waals surface area contributed by atoms with Gasteiger partial charge in [0.2, 0.25) is 0 Å². The molecule has 1 N–H and O–H groups in total. The lowest BCUT2D eigenvalue weighted by atomic mass is 10.1. The Kier molecular flexibility index (Phi) is 7.33. The average Bonchev–Trinajstić information content (AvgIpc) is 3.67. The van der Waals surface area contributed by atoms with Crippen LogP contribution in [-0.4, -0.2) is 30.6 Å². The van der Waals surface area contributed by atoms with Gasteiger partial charge in [-0.3, -0.25) is 4.79 Å². The van der Waals surface area contributed by atoms with Crippen molar-refractivity contribution in [3.05, 3.63) is 83.9 Å². The number of carbonyl (C=O) groups is 2. The number of benzene rings is 3. The number of nitriles is 1. The van der Waals surface area contributed by atoms with Gasteiger partial charge in [0.05, 0.1) is 24.8 Å². The first-order chi connectivity index (χ1) is 16.1. The molecule has 0 spiro atoms. The van der Waals surface area contributed by atoms with Crippen LogP contribution in [-0.2, 0) is 20.9 Å². The Balaban J connectivity index is 1.36. The van der Waals surface area contributed by atoms with Crippen LogP contribution in [0.2, 0.25) is 0 Å². The summed E-state index contributed by atoms with van der Waals surface area (Å²) >= 11 is 0. The van der Waals surface area contributed by atoms with E-state index in [0.717, 1.165) is 29.2 Å². The van der Waals surface area contributed by atoms with Crippen molar-refractivity contribution in [2.24, 2.45) is 5.92 Å². The van der Waals surface area contributed by atoms with Gasteiger partial charge in [-0.15, -0.1) is 0 Å². The topological polar surface area (TPSA) is 88.4 Å². The number of nitrogens with zero attached hydrogens (tertiary/aromatic N) is 1. The number of ether oxygens (including phenoxy) is 2. The van der Waals surface area contributed by atoms with Crippen LogP contribution in [0, 0.1) is 17.2 Å². The number of fused-ring (bicyclic) bond motifs is 1. The van der Waals surface area contributed by atoms with Gasteiger partial charge >= 0.3 is 5.97 Å². The first-order valence-electron chi connectivity index (χ1n) is 11.1. The predicted molar refractivity (Wildman–Crippen MR) is 124 cm³/mol. The second-order valence-electron chi connectivity index (χ2n) is 8.33. The van der Waals surface area contributed by atoms with E-state index in [1.54, 1.807) is 12.1 Å². The highest BCUT2D eigenvalue weighted by Gasteiger charge is 2.33. The second-order valence-corrected chi connectivity index (χ2v) is 8.33. The summed E-state index contributed by atoms with van der Waals surface area (Å²) in [7, 11) is 0. The molecule has 4 rings (SSSR count). The minimum absolute atomic E-state index is 0.0475. The summed E-state index contributed by atoms with van der Waals surface area (Å²) in [5, 5.41) is 14.1. The van der Waals surface area contributed by atoms with Gasteiger partial charge < -0.3 is 14.8 Å². The first-order valence-corrected chi connectivity index (χ1v) is 11.1. The Morgan fingerprint density at radius 2 is 1.73 bits per heavy atom. The van der Waals surface area contributed by atoms with Crippen LogP contribution in [0.4, 0.5) is 0 Å². The van der Waals surface area contributed by atoms with Crippen LogP contribution in [0.1, 0.15) is 35.2 Å². The average molecular weight is 443 g/mol. The molecule has 2 unspecified atom stereocenters. The minimum Gasteiger partial charge on any atom is -0.449 e. The van der Waals surface area contributed by atoms with Crippen LogP contribution in [0.3, 0.4) is 0 Å². The van der Waals surface area contributed by atoms with Crippen LogP contribution >= 0.6 is 0 Å². The minimum atomic E-state index is -0.943. The maximum atomic E-state index is 12.9. The molecule has 0 saturated heterocycles. The van der Waals surface area contributed by atoms with Gasteiger partial charge in [-0.05, 0) is 40.8 Å². The standard InChI is InChI=1S/C27H26N2O4/c28-16-24(18-32-17-20-6-2-1-3-7-20)29-26(30)25(14-19-10-11-19)33-27(31)23-13-12-21-8-4-5-9-22(21)15-23/h1-9,12-13,15,19,24-25H,10-11,14,17-18H2,(H,29,30). The summed E-state index contributed by atoms with van der Waals surface area (Å²) < 4.78 is 11.2. The summed E-state index contributed by atoms with van der Waals surface area (Å²) in [5.41, 5.74) is 1.38. The van der Waals surface area contributed by atoms with Crippen molar-refractivity contribution in [3.63, 3.8) is 0 Å². The molecule has 33 heavy (non-hydrogen) atoms. The fraction of sp³-hybridized carbons (Fsp3) is 0.296. The van der Waals surface area contributed by atoms with Crippen LogP contribution in [0.15, 0.2) is 72.8 Å². The lowest BCUT2D eigenvalue weighted by Gasteiger charge is -2.20. The fourth-order valence-corrected chi connectivity index (χ4v) is 3.62. The van der Waals surface area contributed by atoms with E-state index >= 15 is 0 Å². The Hall–Kier alpha value is -3.69. The third-order valence-corrected chi connectivity index (χ3v) is 5.64. The Labute approximate surface area is 193 Å². The summed E-state index contributed by atoms with van der Waals surface area (Å²) in [6, 6.07) is 23.9. The van der Waals surface area contributed by atoms with Gasteiger partial charge in [-0.2, -0.15) is 5.26 Å². The molecule has 0 heterocycles. The highest BCUT2D eigenvalue weighted by Crippen LogP contribution is 2.34. The zero-order valence-electron chi connectivity index (χ0n) is 18.3. The number of hydrogen-bond acceptors (Lipinski definition) is 5. The van der Waals surface area contributed by atoms with E-state index in [1.165, 1.54) is 0 Å². The highest BCUT2D eigenvalue weighted by atomic mass is 16.5. The number of nitrogens with one attached hydrogen (secondary N) is 1. The van der Waals surface area contributed by atoms with E-state index in [1.807, 2.05) is 60.7 Å². The molecule has 0 aliphatic heterocycles. The van der Waals surface area contributed by atoms with E-state index in [-0.39, 0.29) is 6.61 Å². The van der Waals surface area contributed by atoms with Gasteiger partial charge in [0.15, 0.2) is 6.10 Å². The number of carbonyl (C=O) groups excluding carboxylic acids is 2. The molecule has 1 fully saturated rings. The zero-order chi connectivity index (χ0) is 23.0. The monoisotopic (exact) mass is 442 g/mol. The SMILES string of the molecule is N#CC(COCc1ccccc1)NC(=O)C(CC1CC1)OC(=O)c1ccc2ccccc2c1. The maximum Gasteiger partial charge on any atom is 0.338 e. The lowest BCUT2D eigenvalue weighted by molar-refractivity contribution is -0.131. The van der Waals surface area contributed by atoms with E-state index in [0.29, 0.717) is 24.5 Å². The van der Waals surface area contributed by atoms with E-state index < -0.39 is 24.0 Å². The molecule has 0 bridgehead atoms. The largest absolute Gasteiger partial charge is 0.449 e. The van der Waals surface area contributed by atoms with Crippen molar-refractivity contribution >= 4 is 22.6 Å². The predicted octanol–water partition coefficient (Wildman–Crippen LogP) is 4.39. The number of amides is 1. The molecule has 0 aromatic heterocycles. The first kappa shape index (κ1) is 22.5. The van der Waals surface area contributed by atoms with Crippen LogP contribution < -0.4 is 5.32 Å². The third kappa shape index (κ3) is 6.41. The van der Waals surface area contributed by atoms with E-state index in [4.69, 9.17) is 9.47 Å². The Morgan fingerprint density at radius 1 is 1.00 bits per heavy atom. The van der Waals surface area contributed by atoms with Gasteiger partial charge in [-0.1, -0.05) is 73.5 Å². The Morgan fingerprint density at radius 3 is 2.45 bits per heavy atom. The van der Waals surface area contributed by atoms with Crippen molar-refractivity contribution in [1.29, 1.82) is 5.26 Å². The molecule has 1 aliphatic carbocycles. The summed E-state index contributed by atoms with van der Waals surface area (Å²) in [4.78, 5) is 25.7. The highest BCUT2D eigenvalue weighted by molar-refractivity contribution is 5.96. The molecule has 0 radical (unpaired) electrons. The van der Waals surface area contributed by atoms with Gasteiger partial charge in [0.25, 0.3) is 5.91 Å². The quantitative estimate of drug-likeness (QED) is 0.471. The molecule has 1 aliphatic rings. The van der Waals surface area contributed by atoms with E-state index in [9.17, 15) is 14.9 Å². The maximum absolute atomic E-state index is 12.9. The normalized spacial score (nSPS) is 14.8. The lowest BCUT2D eigenvalue weighted by Crippen LogP contribution is -2.44. The summed E-state index contributed by atoms with van der Waals surface area (Å²) in [6.45, 7) is 0.392. The molecule has 6 nitrogen and oxygen atoms in total. The van der Waals surface area contributed by atoms with Gasteiger partial charge in [0.1, 0.15) is 6.04 Å². The fourth-order valence-electron chi connectivity index (χ4n) is 3.62. The summed E-state index contributed by atoms with van der Waals surface area (Å²) in [5.74, 6) is -0.652. The zero-order valence-corrected chi connectivity index (χ0v) is 18.3.